The molecule has 1 aliphatic carbocycles. The fourth-order valence-electron chi connectivity index (χ4n) is 4.19. The van der Waals surface area contributed by atoms with Gasteiger partial charge in [0.1, 0.15) is 11.6 Å². The van der Waals surface area contributed by atoms with Crippen molar-refractivity contribution < 1.29 is 17.6 Å². The average Bonchev–Trinajstić information content (AvgIpc) is 3.63. The van der Waals surface area contributed by atoms with Gasteiger partial charge >= 0.3 is 0 Å². The van der Waals surface area contributed by atoms with Crippen LogP contribution in [0.2, 0.25) is 0 Å². The van der Waals surface area contributed by atoms with Crippen molar-refractivity contribution in [1.82, 2.24) is 10.3 Å². The van der Waals surface area contributed by atoms with Crippen LogP contribution in [0.3, 0.4) is 0 Å². The van der Waals surface area contributed by atoms with Crippen LogP contribution < -0.4 is 14.9 Å². The lowest BCUT2D eigenvalue weighted by atomic mass is 9.99. The van der Waals surface area contributed by atoms with Gasteiger partial charge in [-0.25, -0.2) is 17.8 Å². The second kappa shape index (κ2) is 9.67. The van der Waals surface area contributed by atoms with Crippen molar-refractivity contribution in [3.8, 4) is 0 Å². The SMILES string of the molecule is CC(C(=O)NCc1ccc(C2CC2)nc1N1CCCCC1)c1ccc(NS(C)(=O)=O)c(F)c1. The predicted molar refractivity (Wildman–Crippen MR) is 127 cm³/mol. The number of sulfonamides is 1. The topological polar surface area (TPSA) is 91.4 Å². The van der Waals surface area contributed by atoms with Crippen molar-refractivity contribution in [3.63, 3.8) is 0 Å². The third-order valence-corrected chi connectivity index (χ3v) is 6.85. The molecule has 0 bridgehead atoms. The highest BCUT2D eigenvalue weighted by atomic mass is 32.2. The Morgan fingerprint density at radius 2 is 1.91 bits per heavy atom. The third kappa shape index (κ3) is 6.01. The summed E-state index contributed by atoms with van der Waals surface area (Å²) in [6.45, 7) is 4.01. The second-order valence-corrected chi connectivity index (χ2v) is 10.8. The molecule has 1 atom stereocenters. The Morgan fingerprint density at radius 3 is 2.55 bits per heavy atom. The van der Waals surface area contributed by atoms with E-state index in [0.717, 1.165) is 49.3 Å². The van der Waals surface area contributed by atoms with E-state index in [-0.39, 0.29) is 11.6 Å². The number of piperidine rings is 1. The Bertz CT molecular complexity index is 1130. The first-order chi connectivity index (χ1) is 15.7. The largest absolute Gasteiger partial charge is 0.356 e. The Morgan fingerprint density at radius 1 is 1.18 bits per heavy atom. The molecule has 7 nitrogen and oxygen atoms in total. The van der Waals surface area contributed by atoms with Crippen molar-refractivity contribution in [3.05, 3.63) is 53.0 Å². The maximum Gasteiger partial charge on any atom is 0.229 e. The Labute approximate surface area is 194 Å². The van der Waals surface area contributed by atoms with E-state index in [9.17, 15) is 17.6 Å². The number of nitrogens with zero attached hydrogens (tertiary/aromatic N) is 2. The zero-order valence-electron chi connectivity index (χ0n) is 19.1. The zero-order valence-corrected chi connectivity index (χ0v) is 19.9. The van der Waals surface area contributed by atoms with E-state index in [0.29, 0.717) is 18.0 Å². The maximum atomic E-state index is 14.3. The van der Waals surface area contributed by atoms with Gasteiger partial charge in [0.05, 0.1) is 17.9 Å². The molecule has 9 heteroatoms. The molecule has 1 amide bonds. The highest BCUT2D eigenvalue weighted by Gasteiger charge is 2.27. The molecule has 2 aromatic rings. The van der Waals surface area contributed by atoms with Crippen LogP contribution in [0.4, 0.5) is 15.9 Å². The maximum absolute atomic E-state index is 14.3. The minimum Gasteiger partial charge on any atom is -0.356 e. The number of carbonyl (C=O) groups excluding carboxylic acids is 1. The van der Waals surface area contributed by atoms with Crippen LogP contribution in [0, 0.1) is 5.82 Å². The van der Waals surface area contributed by atoms with Crippen molar-refractivity contribution in [2.24, 2.45) is 0 Å². The van der Waals surface area contributed by atoms with Gasteiger partial charge in [0.25, 0.3) is 0 Å². The molecule has 1 aliphatic heterocycles. The number of pyridine rings is 1. The van der Waals surface area contributed by atoms with Crippen LogP contribution in [-0.4, -0.2) is 38.7 Å². The summed E-state index contributed by atoms with van der Waals surface area (Å²) >= 11 is 0. The van der Waals surface area contributed by atoms with Crippen LogP contribution in [-0.2, 0) is 21.4 Å². The van der Waals surface area contributed by atoms with Crippen LogP contribution in [0.15, 0.2) is 30.3 Å². The number of nitrogens with one attached hydrogen (secondary N) is 2. The summed E-state index contributed by atoms with van der Waals surface area (Å²) < 4.78 is 39.2. The summed E-state index contributed by atoms with van der Waals surface area (Å²) in [4.78, 5) is 20.1. The molecule has 2 aliphatic rings. The Kier molecular flexibility index (Phi) is 6.88. The normalized spacial score (nSPS) is 17.5. The van der Waals surface area contributed by atoms with Crippen molar-refractivity contribution in [1.29, 1.82) is 0 Å². The molecule has 33 heavy (non-hydrogen) atoms. The fourth-order valence-corrected chi connectivity index (χ4v) is 4.75. The van der Waals surface area contributed by atoms with Gasteiger partial charge in [-0.1, -0.05) is 12.1 Å². The van der Waals surface area contributed by atoms with Crippen molar-refractivity contribution in [2.45, 2.75) is 57.4 Å². The first-order valence-corrected chi connectivity index (χ1v) is 13.4. The van der Waals surface area contributed by atoms with Crippen LogP contribution in [0.1, 0.15) is 67.7 Å². The lowest BCUT2D eigenvalue weighted by Crippen LogP contribution is -2.33. The molecule has 1 aromatic heterocycles. The van der Waals surface area contributed by atoms with E-state index in [2.05, 4.69) is 27.1 Å². The smallest absolute Gasteiger partial charge is 0.229 e. The molecule has 0 radical (unpaired) electrons. The summed E-state index contributed by atoms with van der Waals surface area (Å²) in [5, 5.41) is 2.97. The molecule has 1 unspecified atom stereocenters. The number of carbonyl (C=O) groups is 1. The van der Waals surface area contributed by atoms with E-state index in [1.165, 1.54) is 31.4 Å². The minimum absolute atomic E-state index is 0.137. The van der Waals surface area contributed by atoms with Gasteiger partial charge in [-0.05, 0) is 62.8 Å². The van der Waals surface area contributed by atoms with Gasteiger partial charge < -0.3 is 10.2 Å². The molecule has 2 heterocycles. The summed E-state index contributed by atoms with van der Waals surface area (Å²) in [5.74, 6) is -0.00983. The fraction of sp³-hybridized carbons (Fsp3) is 0.500. The number of hydrogen-bond donors (Lipinski definition) is 2. The number of halogens is 1. The van der Waals surface area contributed by atoms with E-state index in [1.807, 2.05) is 0 Å². The first kappa shape index (κ1) is 23.5. The van der Waals surface area contributed by atoms with Gasteiger partial charge in [0, 0.05) is 36.8 Å². The number of hydrogen-bond acceptors (Lipinski definition) is 5. The highest BCUT2D eigenvalue weighted by molar-refractivity contribution is 7.92. The number of amides is 1. The van der Waals surface area contributed by atoms with Gasteiger partial charge in [0.2, 0.25) is 15.9 Å². The molecule has 178 valence electrons. The Hall–Kier alpha value is -2.68. The van der Waals surface area contributed by atoms with Crippen LogP contribution in [0.5, 0.6) is 0 Å². The van der Waals surface area contributed by atoms with Gasteiger partial charge in [0.15, 0.2) is 0 Å². The zero-order chi connectivity index (χ0) is 23.6. The predicted octanol–water partition coefficient (Wildman–Crippen LogP) is 3.88. The average molecular weight is 475 g/mol. The number of rotatable bonds is 8. The van der Waals surface area contributed by atoms with Crippen LogP contribution >= 0.6 is 0 Å². The van der Waals surface area contributed by atoms with Gasteiger partial charge in [-0.15, -0.1) is 0 Å². The molecule has 1 saturated heterocycles. The van der Waals surface area contributed by atoms with E-state index < -0.39 is 21.8 Å². The third-order valence-electron chi connectivity index (χ3n) is 6.26. The molecular formula is C24H31FN4O3S. The van der Waals surface area contributed by atoms with E-state index >= 15 is 0 Å². The quantitative estimate of drug-likeness (QED) is 0.606. The van der Waals surface area contributed by atoms with Gasteiger partial charge in [-0.3, -0.25) is 9.52 Å². The second-order valence-electron chi connectivity index (χ2n) is 9.09. The number of aromatic nitrogens is 1. The summed E-state index contributed by atoms with van der Waals surface area (Å²) in [5.41, 5.74) is 2.46. The highest BCUT2D eigenvalue weighted by Crippen LogP contribution is 2.40. The molecule has 1 saturated carbocycles. The number of benzene rings is 1. The van der Waals surface area contributed by atoms with E-state index in [4.69, 9.17) is 4.98 Å². The molecule has 2 N–H and O–H groups in total. The first-order valence-electron chi connectivity index (χ1n) is 11.5. The lowest BCUT2D eigenvalue weighted by Gasteiger charge is -2.30. The lowest BCUT2D eigenvalue weighted by molar-refractivity contribution is -0.122. The molecular weight excluding hydrogens is 443 g/mol. The molecule has 2 fully saturated rings. The monoisotopic (exact) mass is 474 g/mol. The molecule has 4 rings (SSSR count). The molecule has 1 aromatic carbocycles. The standard InChI is InChI=1S/C24H31FN4O3S/c1-16(18-8-11-22(20(25)14-18)28-33(2,31)32)24(30)26-15-19-9-10-21(17-6-7-17)27-23(19)29-12-4-3-5-13-29/h8-11,14,16-17,28H,3-7,12-13,15H2,1-2H3,(H,26,30). The summed E-state index contributed by atoms with van der Waals surface area (Å²) in [6.07, 6.45) is 6.87. The summed E-state index contributed by atoms with van der Waals surface area (Å²) in [6, 6.07) is 8.24. The number of anilines is 2. The van der Waals surface area contributed by atoms with Gasteiger partial charge in [-0.2, -0.15) is 0 Å². The molecule has 0 spiro atoms. The van der Waals surface area contributed by atoms with Crippen molar-refractivity contribution in [2.75, 3.05) is 29.0 Å². The van der Waals surface area contributed by atoms with Crippen molar-refractivity contribution >= 4 is 27.4 Å². The Balaban J connectivity index is 1.45. The van der Waals surface area contributed by atoms with E-state index in [1.54, 1.807) is 13.0 Å². The summed E-state index contributed by atoms with van der Waals surface area (Å²) in [7, 11) is -3.59. The minimum atomic E-state index is -3.59. The van der Waals surface area contributed by atoms with Crippen LogP contribution in [0.25, 0.3) is 0 Å².